The van der Waals surface area contributed by atoms with Crippen LogP contribution < -0.4 is 10.7 Å². The molecule has 31 heavy (non-hydrogen) atoms. The van der Waals surface area contributed by atoms with Crippen molar-refractivity contribution >= 4 is 30.5 Å². The number of benzene rings is 3. The molecule has 0 nitrogen and oxygen atoms in total. The van der Waals surface area contributed by atoms with Crippen LogP contribution in [0.15, 0.2) is 72.8 Å². The summed E-state index contributed by atoms with van der Waals surface area (Å²) < 4.78 is 117. The Morgan fingerprint density at radius 1 is 0.355 bits per heavy atom. The molecule has 3 rings (SSSR count). The number of rotatable bonds is 3. The Labute approximate surface area is 178 Å². The zero-order chi connectivity index (χ0) is 23.0. The second-order valence-electron chi connectivity index (χ2n) is 6.60. The Morgan fingerprint density at radius 2 is 0.548 bits per heavy atom. The number of halogens is 9. The van der Waals surface area contributed by atoms with Gasteiger partial charge in [-0.05, 0) is 0 Å². The van der Waals surface area contributed by atoms with Crippen molar-refractivity contribution in [1.29, 1.82) is 0 Å². The molecule has 0 spiro atoms. The fourth-order valence-electron chi connectivity index (χ4n) is 2.98. The van der Waals surface area contributed by atoms with Gasteiger partial charge in [0.2, 0.25) is 0 Å². The normalized spacial score (nSPS) is 13.0. The van der Waals surface area contributed by atoms with E-state index in [9.17, 15) is 39.5 Å². The second kappa shape index (κ2) is 8.40. The van der Waals surface area contributed by atoms with Gasteiger partial charge >= 0.3 is 178 Å². The Balaban J connectivity index is 2.08. The fraction of sp³-hybridized carbons (Fsp3) is 0.143. The van der Waals surface area contributed by atoms with Gasteiger partial charge in [0.05, 0.1) is 0 Å². The average Bonchev–Trinajstić information content (AvgIpc) is 2.67. The van der Waals surface area contributed by atoms with Crippen molar-refractivity contribution in [2.24, 2.45) is 0 Å². The van der Waals surface area contributed by atoms with E-state index < -0.39 is 55.0 Å². The summed E-state index contributed by atoms with van der Waals surface area (Å²) in [4.78, 5) is 0. The Morgan fingerprint density at radius 3 is 0.710 bits per heavy atom. The third-order valence-electron chi connectivity index (χ3n) is 4.50. The summed E-state index contributed by atoms with van der Waals surface area (Å²) in [5.41, 5.74) is -2.67. The Bertz CT molecular complexity index is 877. The van der Waals surface area contributed by atoms with E-state index in [1.807, 2.05) is 0 Å². The van der Waals surface area contributed by atoms with Crippen LogP contribution in [0.1, 0.15) is 16.7 Å². The van der Waals surface area contributed by atoms with Crippen molar-refractivity contribution in [2.45, 2.75) is 18.5 Å². The zero-order valence-corrected chi connectivity index (χ0v) is 18.2. The first kappa shape index (κ1) is 23.5. The van der Waals surface area contributed by atoms with E-state index in [0.29, 0.717) is 10.7 Å². The van der Waals surface area contributed by atoms with Crippen LogP contribution in [0.4, 0.5) is 39.5 Å². The molecule has 3 aromatic carbocycles. The van der Waals surface area contributed by atoms with Crippen molar-refractivity contribution in [1.82, 2.24) is 0 Å². The molecule has 0 saturated heterocycles. The second-order valence-corrected chi connectivity index (χ2v) is 13.7. The molecule has 3 aromatic rings. The van der Waals surface area contributed by atoms with Crippen LogP contribution in [0.25, 0.3) is 0 Å². The first-order valence-corrected chi connectivity index (χ1v) is 12.9. The molecule has 1 radical (unpaired) electrons. The monoisotopic (exact) mass is 555 g/mol. The summed E-state index contributed by atoms with van der Waals surface area (Å²) >= 11 is -3.37. The molecule has 0 aliphatic rings. The summed E-state index contributed by atoms with van der Waals surface area (Å²) in [6, 6.07) is 12.6. The third kappa shape index (κ3) is 5.55. The molecule has 0 amide bonds. The van der Waals surface area contributed by atoms with Gasteiger partial charge in [0.25, 0.3) is 0 Å². The van der Waals surface area contributed by atoms with Gasteiger partial charge < -0.3 is 0 Å². The fourth-order valence-corrected chi connectivity index (χ4v) is 10.1. The third-order valence-corrected chi connectivity index (χ3v) is 12.3. The molecule has 0 saturated carbocycles. The van der Waals surface area contributed by atoms with E-state index in [1.165, 1.54) is 36.4 Å². The molecule has 0 aliphatic carbocycles. The van der Waals surface area contributed by atoms with Crippen LogP contribution in [0.5, 0.6) is 0 Å². The van der Waals surface area contributed by atoms with Gasteiger partial charge in [0.1, 0.15) is 0 Å². The van der Waals surface area contributed by atoms with E-state index >= 15 is 0 Å². The van der Waals surface area contributed by atoms with E-state index in [4.69, 9.17) is 0 Å². The van der Waals surface area contributed by atoms with Gasteiger partial charge in [-0.15, -0.1) is 0 Å². The molecular weight excluding hydrogens is 542 g/mol. The van der Waals surface area contributed by atoms with Crippen molar-refractivity contribution in [3.63, 3.8) is 0 Å². The van der Waals surface area contributed by atoms with Gasteiger partial charge in [-0.3, -0.25) is 0 Å². The molecule has 10 heteroatoms. The van der Waals surface area contributed by atoms with E-state index in [-0.39, 0.29) is 0 Å². The van der Waals surface area contributed by atoms with E-state index in [0.717, 1.165) is 36.4 Å². The van der Waals surface area contributed by atoms with Crippen LogP contribution in [-0.2, 0) is 18.5 Å². The first-order chi connectivity index (χ1) is 14.3. The Kier molecular flexibility index (Phi) is 6.37. The molecule has 163 valence electrons. The van der Waals surface area contributed by atoms with E-state index in [2.05, 4.69) is 0 Å². The van der Waals surface area contributed by atoms with Crippen LogP contribution in [0.3, 0.4) is 0 Å². The molecule has 0 aliphatic heterocycles. The molecule has 0 aromatic heterocycles. The van der Waals surface area contributed by atoms with Crippen molar-refractivity contribution in [3.8, 4) is 0 Å². The summed E-state index contributed by atoms with van der Waals surface area (Å²) in [5.74, 6) is 0. The minimum atomic E-state index is -4.56. The summed E-state index contributed by atoms with van der Waals surface area (Å²) in [5, 5.41) is 0. The SMILES string of the molecule is FC(F)(F)c1cc[c]([Sn]([c]2ccc(C(F)(F)F)cc2)[c]2ccc(C(F)(F)F)cc2)cc1. The molecule has 0 unspecified atom stereocenters. The Hall–Kier alpha value is -2.17. The van der Waals surface area contributed by atoms with Gasteiger partial charge in [-0.2, -0.15) is 0 Å². The first-order valence-electron chi connectivity index (χ1n) is 8.66. The minimum absolute atomic E-state index is 0.481. The molecule has 0 N–H and O–H groups in total. The van der Waals surface area contributed by atoms with Gasteiger partial charge in [-0.1, -0.05) is 0 Å². The van der Waals surface area contributed by atoms with Crippen LogP contribution in [-0.4, -0.2) is 19.8 Å². The molecular formula is C21H12F9Sn. The van der Waals surface area contributed by atoms with Crippen molar-refractivity contribution in [3.05, 3.63) is 89.5 Å². The van der Waals surface area contributed by atoms with Crippen molar-refractivity contribution in [2.75, 3.05) is 0 Å². The summed E-state index contributed by atoms with van der Waals surface area (Å²) in [6.45, 7) is 0. The standard InChI is InChI=1S/3C7H4F3.Sn/c3*8-7(9,10)6-4-2-1-3-5-6;/h3*2-5H;. The van der Waals surface area contributed by atoms with Crippen LogP contribution in [0.2, 0.25) is 0 Å². The van der Waals surface area contributed by atoms with Crippen LogP contribution in [0, 0.1) is 0 Å². The maximum atomic E-state index is 12.9. The van der Waals surface area contributed by atoms with Crippen molar-refractivity contribution < 1.29 is 39.5 Å². The summed E-state index contributed by atoms with van der Waals surface area (Å²) in [7, 11) is 0. The van der Waals surface area contributed by atoms with Gasteiger partial charge in [-0.25, -0.2) is 0 Å². The van der Waals surface area contributed by atoms with Crippen LogP contribution >= 0.6 is 0 Å². The maximum absolute atomic E-state index is 12.9. The molecule has 0 bridgehead atoms. The summed E-state index contributed by atoms with van der Waals surface area (Å²) in [6.07, 6.45) is -13.7. The predicted octanol–water partition coefficient (Wildman–Crippen LogP) is 5.26. The van der Waals surface area contributed by atoms with E-state index in [1.54, 1.807) is 0 Å². The number of alkyl halides is 9. The van der Waals surface area contributed by atoms with Gasteiger partial charge in [0, 0.05) is 0 Å². The topological polar surface area (TPSA) is 0 Å². The quantitative estimate of drug-likeness (QED) is 0.307. The average molecular weight is 554 g/mol. The molecule has 0 fully saturated rings. The number of hydrogen-bond acceptors (Lipinski definition) is 0. The predicted molar refractivity (Wildman–Crippen MR) is 99.0 cm³/mol. The number of hydrogen-bond donors (Lipinski definition) is 0. The van der Waals surface area contributed by atoms with Gasteiger partial charge in [0.15, 0.2) is 0 Å². The molecule has 0 atom stereocenters. The molecule has 0 heterocycles. The zero-order valence-electron chi connectivity index (χ0n) is 15.3.